The number of nitrogens with two attached hydrogens (primary N) is 1. The Morgan fingerprint density at radius 3 is 3.00 bits per heavy atom. The van der Waals surface area contributed by atoms with Crippen LogP contribution in [-0.2, 0) is 15.1 Å². The fraction of sp³-hybridized carbons (Fsp3) is 0.467. The van der Waals surface area contributed by atoms with Gasteiger partial charge < -0.3 is 15.6 Å². The van der Waals surface area contributed by atoms with Crippen LogP contribution in [0.1, 0.15) is 24.8 Å². The number of ether oxygens (including phenoxy) is 1. The highest BCUT2D eigenvalue weighted by atomic mass is 35.5. The minimum atomic E-state index is -1.05. The Morgan fingerprint density at radius 1 is 1.52 bits per heavy atom. The van der Waals surface area contributed by atoms with Gasteiger partial charge in [-0.15, -0.1) is 0 Å². The highest BCUT2D eigenvalue weighted by Crippen LogP contribution is 2.44. The average molecular weight is 309 g/mol. The molecule has 3 atom stereocenters. The molecule has 2 bridgehead atoms. The zero-order valence-corrected chi connectivity index (χ0v) is 12.2. The van der Waals surface area contributed by atoms with Crippen molar-refractivity contribution in [2.24, 2.45) is 10.7 Å². The summed E-state index contributed by atoms with van der Waals surface area (Å²) in [5.41, 5.74) is 5.10. The van der Waals surface area contributed by atoms with Crippen molar-refractivity contribution in [3.05, 3.63) is 34.9 Å². The molecule has 1 aromatic rings. The molecule has 0 aromatic heterocycles. The van der Waals surface area contributed by atoms with Crippen LogP contribution < -0.4 is 5.73 Å². The second-order valence-corrected chi connectivity index (χ2v) is 5.81. The van der Waals surface area contributed by atoms with Crippen molar-refractivity contribution in [2.75, 3.05) is 6.54 Å². The summed E-state index contributed by atoms with van der Waals surface area (Å²) in [4.78, 5) is 17.2. The second-order valence-electron chi connectivity index (χ2n) is 5.40. The first-order valence-electron chi connectivity index (χ1n) is 7.02. The quantitative estimate of drug-likeness (QED) is 0.884. The molecule has 1 saturated carbocycles. The van der Waals surface area contributed by atoms with Crippen LogP contribution in [-0.4, -0.2) is 35.5 Å². The molecule has 1 aliphatic carbocycles. The van der Waals surface area contributed by atoms with Crippen LogP contribution in [0.3, 0.4) is 0 Å². The monoisotopic (exact) mass is 308 g/mol. The lowest BCUT2D eigenvalue weighted by Crippen LogP contribution is -2.53. The van der Waals surface area contributed by atoms with Crippen LogP contribution >= 0.6 is 11.6 Å². The summed E-state index contributed by atoms with van der Waals surface area (Å²) in [5.74, 6) is 0.0524. The summed E-state index contributed by atoms with van der Waals surface area (Å²) in [7, 11) is 0. The van der Waals surface area contributed by atoms with Crippen molar-refractivity contribution in [1.29, 1.82) is 0 Å². The molecule has 1 heterocycles. The lowest BCUT2D eigenvalue weighted by molar-refractivity contribution is -0.137. The minimum absolute atomic E-state index is 0.00164. The maximum Gasteiger partial charge on any atom is 0.216 e. The number of carbonyl (C=O) groups is 1. The van der Waals surface area contributed by atoms with Gasteiger partial charge in [-0.3, -0.25) is 4.79 Å². The molecule has 1 unspecified atom stereocenters. The lowest BCUT2D eigenvalue weighted by Gasteiger charge is -2.42. The third kappa shape index (κ3) is 2.25. The molecule has 21 heavy (non-hydrogen) atoms. The van der Waals surface area contributed by atoms with Gasteiger partial charge in [0.1, 0.15) is 6.10 Å². The third-order valence-corrected chi connectivity index (χ3v) is 4.43. The van der Waals surface area contributed by atoms with E-state index in [9.17, 15) is 9.90 Å². The van der Waals surface area contributed by atoms with E-state index in [1.165, 1.54) is 0 Å². The number of hydrogen-bond donors (Lipinski definition) is 2. The number of rotatable bonds is 3. The number of fused-ring (bicyclic) bond motifs is 2. The van der Waals surface area contributed by atoms with Gasteiger partial charge in [0, 0.05) is 17.1 Å². The number of benzene rings is 1. The van der Waals surface area contributed by atoms with Crippen molar-refractivity contribution in [3.63, 3.8) is 0 Å². The highest BCUT2D eigenvalue weighted by Gasteiger charge is 2.52. The van der Waals surface area contributed by atoms with Gasteiger partial charge >= 0.3 is 0 Å². The Kier molecular flexibility index (Phi) is 3.73. The van der Waals surface area contributed by atoms with Crippen LogP contribution in [0.5, 0.6) is 0 Å². The van der Waals surface area contributed by atoms with Gasteiger partial charge in [-0.05, 0) is 25.3 Å². The number of hydrogen-bond acceptors (Lipinski definition) is 5. The number of aliphatic hydroxyl groups excluding tert-OH is 1. The van der Waals surface area contributed by atoms with Gasteiger partial charge in [-0.2, -0.15) is 0 Å². The minimum Gasteiger partial charge on any atom is -0.468 e. The predicted molar refractivity (Wildman–Crippen MR) is 79.4 cm³/mol. The molecular formula is C15H17ClN2O3. The maximum atomic E-state index is 12.7. The standard InChI is InChI=1S/C15H17ClN2O3/c16-10-5-2-1-4-9(10)15-7-3-6-12(13(15)20)21-14(18-15)11(19)8-17/h1-2,4-5,11-12,19H,3,6-8,17H2/t11?,12-,15-/m0/s1. The molecule has 1 aliphatic heterocycles. The number of nitrogens with zero attached hydrogens (tertiary/aromatic N) is 1. The fourth-order valence-electron chi connectivity index (χ4n) is 3.03. The zero-order chi connectivity index (χ0) is 15.0. The summed E-state index contributed by atoms with van der Waals surface area (Å²) in [6.07, 6.45) is 0.429. The zero-order valence-electron chi connectivity index (χ0n) is 11.5. The Bertz CT molecular complexity index is 604. The first kappa shape index (κ1) is 14.5. The molecule has 0 saturated heterocycles. The van der Waals surface area contributed by atoms with E-state index in [0.29, 0.717) is 23.4 Å². The van der Waals surface area contributed by atoms with Gasteiger partial charge in [-0.25, -0.2) is 4.99 Å². The molecule has 1 fully saturated rings. The molecule has 3 rings (SSSR count). The number of Topliss-reactive ketones (excluding diaryl/α,β-unsaturated/α-hetero) is 1. The Morgan fingerprint density at radius 2 is 2.29 bits per heavy atom. The third-order valence-electron chi connectivity index (χ3n) is 4.10. The van der Waals surface area contributed by atoms with Gasteiger partial charge in [0.2, 0.25) is 11.7 Å². The largest absolute Gasteiger partial charge is 0.468 e. The van der Waals surface area contributed by atoms with Crippen LogP contribution in [0, 0.1) is 0 Å². The Balaban J connectivity index is 2.16. The molecule has 6 heteroatoms. The number of ketones is 1. The number of halogens is 1. The van der Waals surface area contributed by atoms with Crippen molar-refractivity contribution >= 4 is 23.3 Å². The van der Waals surface area contributed by atoms with Gasteiger partial charge in [0.05, 0.1) is 0 Å². The first-order valence-corrected chi connectivity index (χ1v) is 7.40. The van der Waals surface area contributed by atoms with E-state index in [1.54, 1.807) is 6.07 Å². The average Bonchev–Trinajstić information content (AvgIpc) is 2.47. The molecule has 2 aliphatic rings. The molecule has 1 aromatic carbocycles. The van der Waals surface area contributed by atoms with E-state index in [0.717, 1.165) is 6.42 Å². The highest BCUT2D eigenvalue weighted by molar-refractivity contribution is 6.32. The molecular weight excluding hydrogens is 292 g/mol. The first-order chi connectivity index (χ1) is 10.1. The summed E-state index contributed by atoms with van der Waals surface area (Å²) >= 11 is 6.27. The van der Waals surface area contributed by atoms with E-state index >= 15 is 0 Å². The summed E-state index contributed by atoms with van der Waals surface area (Å²) < 4.78 is 5.54. The Labute approximate surface area is 127 Å². The van der Waals surface area contributed by atoms with Crippen LogP contribution in [0.25, 0.3) is 0 Å². The van der Waals surface area contributed by atoms with E-state index in [4.69, 9.17) is 22.1 Å². The van der Waals surface area contributed by atoms with Crippen molar-refractivity contribution in [2.45, 2.75) is 37.0 Å². The van der Waals surface area contributed by atoms with Crippen LogP contribution in [0.15, 0.2) is 29.3 Å². The van der Waals surface area contributed by atoms with E-state index < -0.39 is 17.7 Å². The molecule has 3 N–H and O–H groups in total. The SMILES string of the molecule is NCC(O)C1=N[C@]2(c3ccccc3Cl)CCC[C@H](O1)C2=O. The van der Waals surface area contributed by atoms with Gasteiger partial charge in [-0.1, -0.05) is 29.8 Å². The second kappa shape index (κ2) is 5.40. The van der Waals surface area contributed by atoms with Crippen molar-refractivity contribution < 1.29 is 14.6 Å². The van der Waals surface area contributed by atoms with E-state index in [-0.39, 0.29) is 18.2 Å². The summed E-state index contributed by atoms with van der Waals surface area (Å²) in [6.45, 7) is -0.00164. The lowest BCUT2D eigenvalue weighted by atomic mass is 9.74. The number of aliphatic imine (C=N–C) groups is 1. The van der Waals surface area contributed by atoms with Gasteiger partial charge in [0.25, 0.3) is 0 Å². The van der Waals surface area contributed by atoms with E-state index in [2.05, 4.69) is 4.99 Å². The smallest absolute Gasteiger partial charge is 0.216 e. The summed E-state index contributed by atoms with van der Waals surface area (Å²) in [5, 5.41) is 10.4. The number of aliphatic hydroxyl groups is 1. The molecule has 0 spiro atoms. The fourth-order valence-corrected chi connectivity index (χ4v) is 3.32. The predicted octanol–water partition coefficient (Wildman–Crippen LogP) is 1.41. The molecule has 5 nitrogen and oxygen atoms in total. The molecule has 0 radical (unpaired) electrons. The van der Waals surface area contributed by atoms with Gasteiger partial charge in [0.15, 0.2) is 11.6 Å². The molecule has 112 valence electrons. The maximum absolute atomic E-state index is 12.7. The van der Waals surface area contributed by atoms with Crippen LogP contribution in [0.4, 0.5) is 0 Å². The topological polar surface area (TPSA) is 84.9 Å². The van der Waals surface area contributed by atoms with Crippen molar-refractivity contribution in [1.82, 2.24) is 0 Å². The summed E-state index contributed by atoms with van der Waals surface area (Å²) in [6, 6.07) is 7.19. The van der Waals surface area contributed by atoms with Crippen LogP contribution in [0.2, 0.25) is 5.02 Å². The van der Waals surface area contributed by atoms with E-state index in [1.807, 2.05) is 18.2 Å². The van der Waals surface area contributed by atoms with Crippen molar-refractivity contribution in [3.8, 4) is 0 Å². The Hall–Kier alpha value is -1.43. The normalized spacial score (nSPS) is 29.6. The molecule has 0 amide bonds. The number of carbonyl (C=O) groups excluding carboxylic acids is 1.